The molecule has 1 atom stereocenters. The van der Waals surface area contributed by atoms with Crippen LogP contribution in [0.5, 0.6) is 0 Å². The van der Waals surface area contributed by atoms with Crippen LogP contribution in [0.15, 0.2) is 24.3 Å². The number of carbonyl (C=O) groups excluding carboxylic acids is 2. The maximum absolute atomic E-state index is 11.6. The number of methoxy groups -OCH3 is 2. The molecule has 8 heteroatoms. The van der Waals surface area contributed by atoms with E-state index >= 15 is 0 Å². The van der Waals surface area contributed by atoms with Crippen LogP contribution in [-0.4, -0.2) is 43.7 Å². The number of amides is 1. The van der Waals surface area contributed by atoms with E-state index in [-0.39, 0.29) is 18.7 Å². The van der Waals surface area contributed by atoms with Crippen molar-refractivity contribution in [2.45, 2.75) is 12.5 Å². The number of ether oxygens (including phenoxy) is 2. The fourth-order valence-corrected chi connectivity index (χ4v) is 1.69. The van der Waals surface area contributed by atoms with Crippen LogP contribution >= 0.6 is 0 Å². The number of non-ortho nitro benzene ring substituents is 1. The fourth-order valence-electron chi connectivity index (χ4n) is 1.69. The fraction of sp³-hybridized carbons (Fsp3) is 0.385. The Bertz CT molecular complexity index is 514. The van der Waals surface area contributed by atoms with E-state index < -0.39 is 22.8 Å². The lowest BCUT2D eigenvalue weighted by Crippen LogP contribution is -2.44. The zero-order valence-corrected chi connectivity index (χ0v) is 11.7. The molecule has 0 spiro atoms. The number of esters is 1. The van der Waals surface area contributed by atoms with E-state index in [1.807, 2.05) is 0 Å². The Morgan fingerprint density at radius 3 is 2.38 bits per heavy atom. The largest absolute Gasteiger partial charge is 0.467 e. The first-order valence-electron chi connectivity index (χ1n) is 6.07. The number of carbonyl (C=O) groups is 2. The number of hydrogen-bond acceptors (Lipinski definition) is 6. The molecule has 0 saturated carbocycles. The number of hydrogen-bond donors (Lipinski definition) is 1. The van der Waals surface area contributed by atoms with Gasteiger partial charge in [0, 0.05) is 25.7 Å². The second kappa shape index (κ2) is 7.95. The first kappa shape index (κ1) is 16.6. The topological polar surface area (TPSA) is 108 Å². The molecule has 0 aliphatic rings. The van der Waals surface area contributed by atoms with Crippen LogP contribution in [0.4, 0.5) is 5.69 Å². The minimum Gasteiger partial charge on any atom is -0.467 e. The lowest BCUT2D eigenvalue weighted by molar-refractivity contribution is -0.384. The van der Waals surface area contributed by atoms with Gasteiger partial charge in [-0.1, -0.05) is 12.1 Å². The van der Waals surface area contributed by atoms with Gasteiger partial charge >= 0.3 is 5.97 Å². The molecule has 8 nitrogen and oxygen atoms in total. The Morgan fingerprint density at radius 1 is 1.29 bits per heavy atom. The molecule has 0 radical (unpaired) electrons. The number of nitro groups is 1. The van der Waals surface area contributed by atoms with Gasteiger partial charge in [0.05, 0.1) is 12.0 Å². The third kappa shape index (κ3) is 5.19. The minimum absolute atomic E-state index is 0.0446. The summed E-state index contributed by atoms with van der Waals surface area (Å²) in [5, 5.41) is 13.0. The van der Waals surface area contributed by atoms with Gasteiger partial charge in [0.25, 0.3) is 5.69 Å². The predicted molar refractivity (Wildman–Crippen MR) is 72.6 cm³/mol. The third-order valence-corrected chi connectivity index (χ3v) is 2.68. The van der Waals surface area contributed by atoms with Crippen LogP contribution < -0.4 is 5.32 Å². The van der Waals surface area contributed by atoms with E-state index in [1.54, 1.807) is 0 Å². The average molecular weight is 296 g/mol. The van der Waals surface area contributed by atoms with E-state index in [0.29, 0.717) is 5.56 Å². The molecule has 0 aromatic heterocycles. The maximum atomic E-state index is 11.6. The molecule has 1 aromatic carbocycles. The Morgan fingerprint density at radius 2 is 1.90 bits per heavy atom. The van der Waals surface area contributed by atoms with Gasteiger partial charge < -0.3 is 14.8 Å². The van der Waals surface area contributed by atoms with Crippen molar-refractivity contribution < 1.29 is 24.0 Å². The lowest BCUT2D eigenvalue weighted by atomic mass is 10.1. The summed E-state index contributed by atoms with van der Waals surface area (Å²) < 4.78 is 9.29. The van der Waals surface area contributed by atoms with Gasteiger partial charge in [-0.15, -0.1) is 0 Å². The lowest BCUT2D eigenvalue weighted by Gasteiger charge is -2.16. The molecular formula is C13H16N2O6. The third-order valence-electron chi connectivity index (χ3n) is 2.68. The van der Waals surface area contributed by atoms with Gasteiger partial charge in [-0.05, 0) is 5.56 Å². The van der Waals surface area contributed by atoms with Crippen molar-refractivity contribution in [3.8, 4) is 0 Å². The maximum Gasteiger partial charge on any atom is 0.328 e. The number of nitro benzene ring substituents is 1. The number of rotatable bonds is 7. The highest BCUT2D eigenvalue weighted by atomic mass is 16.6. The van der Waals surface area contributed by atoms with Crippen molar-refractivity contribution in [2.75, 3.05) is 20.8 Å². The molecule has 0 bridgehead atoms. The van der Waals surface area contributed by atoms with Gasteiger partial charge in [-0.2, -0.15) is 0 Å². The van der Waals surface area contributed by atoms with Gasteiger partial charge in [0.1, 0.15) is 12.6 Å². The standard InChI is InChI=1S/C13H16N2O6/c1-20-8-12(16)14-11(13(17)21-2)7-9-3-5-10(6-4-9)15(18)19/h3-6,11H,7-8H2,1-2H3,(H,14,16)/t11-/m0/s1. The molecule has 0 heterocycles. The number of benzene rings is 1. The SMILES string of the molecule is COCC(=O)N[C@@H](Cc1ccc([N+](=O)[O-])cc1)C(=O)OC. The normalized spacial score (nSPS) is 11.5. The Hall–Kier alpha value is -2.48. The molecule has 0 fully saturated rings. The van der Waals surface area contributed by atoms with Crippen LogP contribution in [0.1, 0.15) is 5.56 Å². The Kier molecular flexibility index (Phi) is 6.28. The zero-order chi connectivity index (χ0) is 15.8. The molecule has 1 amide bonds. The molecule has 0 aliphatic heterocycles. The summed E-state index contributed by atoms with van der Waals surface area (Å²) in [6, 6.07) is 4.84. The predicted octanol–water partition coefficient (Wildman–Crippen LogP) is 0.441. The van der Waals surface area contributed by atoms with E-state index in [1.165, 1.54) is 38.5 Å². The second-order valence-corrected chi connectivity index (χ2v) is 4.20. The summed E-state index contributed by atoms with van der Waals surface area (Å²) in [6.45, 7) is -0.173. The highest BCUT2D eigenvalue weighted by Gasteiger charge is 2.22. The first-order chi connectivity index (χ1) is 9.97. The summed E-state index contributed by atoms with van der Waals surface area (Å²) in [4.78, 5) is 33.2. The van der Waals surface area contributed by atoms with E-state index in [4.69, 9.17) is 0 Å². The zero-order valence-electron chi connectivity index (χ0n) is 11.7. The van der Waals surface area contributed by atoms with Gasteiger partial charge in [-0.3, -0.25) is 14.9 Å². The van der Waals surface area contributed by atoms with Crippen LogP contribution in [0.25, 0.3) is 0 Å². The molecule has 1 aromatic rings. The van der Waals surface area contributed by atoms with Crippen LogP contribution in [0.2, 0.25) is 0 Å². The first-order valence-corrected chi connectivity index (χ1v) is 6.07. The van der Waals surface area contributed by atoms with Crippen molar-refractivity contribution in [3.63, 3.8) is 0 Å². The molecule has 0 aliphatic carbocycles. The molecule has 0 unspecified atom stereocenters. The summed E-state index contributed by atoms with van der Waals surface area (Å²) in [6.07, 6.45) is 0.167. The number of nitrogens with one attached hydrogen (secondary N) is 1. The monoisotopic (exact) mass is 296 g/mol. The molecule has 1 rings (SSSR count). The summed E-state index contributed by atoms with van der Waals surface area (Å²) in [5.74, 6) is -1.05. The summed E-state index contributed by atoms with van der Waals surface area (Å²) in [5.41, 5.74) is 0.616. The van der Waals surface area contributed by atoms with Crippen molar-refractivity contribution >= 4 is 17.6 Å². The van der Waals surface area contributed by atoms with E-state index in [0.717, 1.165) is 0 Å². The van der Waals surface area contributed by atoms with Crippen molar-refractivity contribution in [3.05, 3.63) is 39.9 Å². The van der Waals surface area contributed by atoms with Crippen LogP contribution in [0.3, 0.4) is 0 Å². The summed E-state index contributed by atoms with van der Waals surface area (Å²) in [7, 11) is 2.58. The van der Waals surface area contributed by atoms with E-state index in [9.17, 15) is 19.7 Å². The Labute approximate surface area is 121 Å². The molecule has 114 valence electrons. The number of nitrogens with zero attached hydrogens (tertiary/aromatic N) is 1. The molecule has 0 saturated heterocycles. The van der Waals surface area contributed by atoms with Crippen molar-refractivity contribution in [2.24, 2.45) is 0 Å². The second-order valence-electron chi connectivity index (χ2n) is 4.20. The van der Waals surface area contributed by atoms with E-state index in [2.05, 4.69) is 14.8 Å². The van der Waals surface area contributed by atoms with Crippen LogP contribution in [0, 0.1) is 10.1 Å². The minimum atomic E-state index is -0.876. The molecule has 21 heavy (non-hydrogen) atoms. The van der Waals surface area contributed by atoms with Gasteiger partial charge in [0.15, 0.2) is 0 Å². The molecular weight excluding hydrogens is 280 g/mol. The summed E-state index contributed by atoms with van der Waals surface area (Å²) >= 11 is 0. The van der Waals surface area contributed by atoms with Crippen LogP contribution in [-0.2, 0) is 25.5 Å². The van der Waals surface area contributed by atoms with Crippen molar-refractivity contribution in [1.82, 2.24) is 5.32 Å². The highest BCUT2D eigenvalue weighted by Crippen LogP contribution is 2.13. The van der Waals surface area contributed by atoms with Gasteiger partial charge in [0.2, 0.25) is 5.91 Å². The van der Waals surface area contributed by atoms with Crippen molar-refractivity contribution in [1.29, 1.82) is 0 Å². The smallest absolute Gasteiger partial charge is 0.328 e. The Balaban J connectivity index is 2.78. The quantitative estimate of drug-likeness (QED) is 0.444. The van der Waals surface area contributed by atoms with Gasteiger partial charge in [-0.25, -0.2) is 4.79 Å². The highest BCUT2D eigenvalue weighted by molar-refractivity contribution is 5.85. The molecule has 1 N–H and O–H groups in total. The average Bonchev–Trinajstić information content (AvgIpc) is 2.46.